The van der Waals surface area contributed by atoms with Gasteiger partial charge >= 0.3 is 0 Å². The molecule has 1 aromatic heterocycles. The fourth-order valence-corrected chi connectivity index (χ4v) is 4.30. The lowest BCUT2D eigenvalue weighted by Crippen LogP contribution is -2.13. The molecular weight excluding hydrogens is 354 g/mol. The van der Waals surface area contributed by atoms with Gasteiger partial charge in [-0.3, -0.25) is 4.79 Å². The average Bonchev–Trinajstić information content (AvgIpc) is 2.88. The van der Waals surface area contributed by atoms with Crippen molar-refractivity contribution < 1.29 is 4.79 Å². The fourth-order valence-electron chi connectivity index (χ4n) is 3.39. The summed E-state index contributed by atoms with van der Waals surface area (Å²) in [4.78, 5) is 17.0. The van der Waals surface area contributed by atoms with Gasteiger partial charge < -0.3 is 5.32 Å². The molecule has 0 radical (unpaired) electrons. The minimum Gasteiger partial charge on any atom is -0.326 e. The number of pyridine rings is 1. The van der Waals surface area contributed by atoms with Gasteiger partial charge in [0.15, 0.2) is 0 Å². The number of aryl methyl sites for hydroxylation is 4. The molecule has 1 aliphatic rings. The Morgan fingerprint density at radius 1 is 1.22 bits per heavy atom. The van der Waals surface area contributed by atoms with Gasteiger partial charge in [0.05, 0.1) is 5.56 Å². The third-order valence-electron chi connectivity index (χ3n) is 4.86. The Labute approximate surface area is 165 Å². The van der Waals surface area contributed by atoms with Crippen LogP contribution in [-0.2, 0) is 17.6 Å². The van der Waals surface area contributed by atoms with Crippen LogP contribution in [-0.4, -0.2) is 16.6 Å². The molecule has 0 aliphatic heterocycles. The standard InChI is InChI=1S/C22H25N3OS/c1-15-8-9-19(16(2)12-15)24-21(26)10-11-27-22-18(14-23)13-17-6-4-3-5-7-20(17)25-22/h8-9,12-13H,3-7,10-11H2,1-2H3,(H,24,26). The molecule has 0 fully saturated rings. The first-order valence-electron chi connectivity index (χ1n) is 9.49. The van der Waals surface area contributed by atoms with Crippen molar-refractivity contribution in [3.8, 4) is 6.07 Å². The first-order chi connectivity index (χ1) is 13.1. The highest BCUT2D eigenvalue weighted by atomic mass is 32.2. The van der Waals surface area contributed by atoms with E-state index in [2.05, 4.69) is 17.5 Å². The number of carbonyl (C=O) groups is 1. The Balaban J connectivity index is 1.60. The number of hydrogen-bond acceptors (Lipinski definition) is 4. The molecule has 1 amide bonds. The van der Waals surface area contributed by atoms with Crippen LogP contribution in [0.3, 0.4) is 0 Å². The van der Waals surface area contributed by atoms with Gasteiger partial charge in [0, 0.05) is 23.6 Å². The number of nitriles is 1. The Kier molecular flexibility index (Phi) is 6.52. The van der Waals surface area contributed by atoms with Crippen LogP contribution in [0.1, 0.15) is 53.6 Å². The summed E-state index contributed by atoms with van der Waals surface area (Å²) in [6.45, 7) is 4.03. The molecule has 5 heteroatoms. The predicted octanol–water partition coefficient (Wildman–Crippen LogP) is 4.96. The molecule has 1 aromatic carbocycles. The van der Waals surface area contributed by atoms with Crippen LogP contribution >= 0.6 is 11.8 Å². The number of aromatic nitrogens is 1. The van der Waals surface area contributed by atoms with Gasteiger partial charge in [-0.15, -0.1) is 11.8 Å². The second kappa shape index (κ2) is 9.05. The lowest BCUT2D eigenvalue weighted by Gasteiger charge is -2.11. The molecule has 0 atom stereocenters. The molecule has 4 nitrogen and oxygen atoms in total. The van der Waals surface area contributed by atoms with E-state index in [4.69, 9.17) is 4.98 Å². The van der Waals surface area contributed by atoms with E-state index in [1.165, 1.54) is 35.7 Å². The third kappa shape index (κ3) is 5.11. The lowest BCUT2D eigenvalue weighted by atomic mass is 10.1. The summed E-state index contributed by atoms with van der Waals surface area (Å²) in [6.07, 6.45) is 5.95. The summed E-state index contributed by atoms with van der Waals surface area (Å²) >= 11 is 1.50. The first kappa shape index (κ1) is 19.4. The quantitative estimate of drug-likeness (QED) is 0.589. The Hall–Kier alpha value is -2.32. The summed E-state index contributed by atoms with van der Waals surface area (Å²) in [7, 11) is 0. The molecule has 0 unspecified atom stereocenters. The van der Waals surface area contributed by atoms with E-state index < -0.39 is 0 Å². The van der Waals surface area contributed by atoms with E-state index >= 15 is 0 Å². The van der Waals surface area contributed by atoms with Gasteiger partial charge in [-0.05, 0) is 62.8 Å². The van der Waals surface area contributed by atoms with E-state index in [0.29, 0.717) is 17.7 Å². The van der Waals surface area contributed by atoms with Crippen molar-refractivity contribution >= 4 is 23.4 Å². The van der Waals surface area contributed by atoms with Gasteiger partial charge in [-0.2, -0.15) is 5.26 Å². The molecule has 0 bridgehead atoms. The van der Waals surface area contributed by atoms with Crippen molar-refractivity contribution in [2.75, 3.05) is 11.1 Å². The average molecular weight is 380 g/mol. The lowest BCUT2D eigenvalue weighted by molar-refractivity contribution is -0.115. The second-order valence-corrected chi connectivity index (χ2v) is 8.17. The third-order valence-corrected chi connectivity index (χ3v) is 5.85. The van der Waals surface area contributed by atoms with Gasteiger partial charge in [0.1, 0.15) is 11.1 Å². The summed E-state index contributed by atoms with van der Waals surface area (Å²) in [5, 5.41) is 13.2. The van der Waals surface area contributed by atoms with Crippen molar-refractivity contribution in [2.24, 2.45) is 0 Å². The normalized spacial score (nSPS) is 13.4. The summed E-state index contributed by atoms with van der Waals surface area (Å²) in [6, 6.07) is 10.3. The second-order valence-electron chi connectivity index (χ2n) is 7.08. The van der Waals surface area contributed by atoms with Crippen molar-refractivity contribution in [3.05, 3.63) is 52.2 Å². The maximum absolute atomic E-state index is 12.3. The molecule has 0 spiro atoms. The number of fused-ring (bicyclic) bond motifs is 1. The number of nitrogens with one attached hydrogen (secondary N) is 1. The number of rotatable bonds is 5. The van der Waals surface area contributed by atoms with Gasteiger partial charge in [-0.25, -0.2) is 4.98 Å². The molecule has 27 heavy (non-hydrogen) atoms. The van der Waals surface area contributed by atoms with E-state index in [9.17, 15) is 10.1 Å². The van der Waals surface area contributed by atoms with Crippen molar-refractivity contribution in [2.45, 2.75) is 57.4 Å². The van der Waals surface area contributed by atoms with Crippen LogP contribution in [0.15, 0.2) is 29.3 Å². The number of thioether (sulfide) groups is 1. The SMILES string of the molecule is Cc1ccc(NC(=O)CCSc2nc3c(cc2C#N)CCCCC3)c(C)c1. The van der Waals surface area contributed by atoms with Crippen LogP contribution in [0.2, 0.25) is 0 Å². The Morgan fingerprint density at radius 3 is 2.81 bits per heavy atom. The van der Waals surface area contributed by atoms with Crippen molar-refractivity contribution in [1.82, 2.24) is 4.98 Å². The van der Waals surface area contributed by atoms with Crippen molar-refractivity contribution in [3.63, 3.8) is 0 Å². The largest absolute Gasteiger partial charge is 0.326 e. The molecule has 2 aromatic rings. The van der Waals surface area contributed by atoms with E-state index in [0.717, 1.165) is 41.2 Å². The molecule has 1 heterocycles. The van der Waals surface area contributed by atoms with E-state index in [1.54, 1.807) is 0 Å². The first-order valence-corrected chi connectivity index (χ1v) is 10.5. The number of carbonyl (C=O) groups excluding carboxylic acids is 1. The summed E-state index contributed by atoms with van der Waals surface area (Å²) < 4.78 is 0. The molecule has 140 valence electrons. The molecule has 1 N–H and O–H groups in total. The van der Waals surface area contributed by atoms with Crippen LogP contribution in [0, 0.1) is 25.2 Å². The maximum atomic E-state index is 12.3. The van der Waals surface area contributed by atoms with Gasteiger partial charge in [0.25, 0.3) is 0 Å². The van der Waals surface area contributed by atoms with Crippen molar-refractivity contribution in [1.29, 1.82) is 5.26 Å². The maximum Gasteiger partial charge on any atom is 0.225 e. The predicted molar refractivity (Wildman–Crippen MR) is 110 cm³/mol. The number of amides is 1. The van der Waals surface area contributed by atoms with Crippen LogP contribution in [0.4, 0.5) is 5.69 Å². The highest BCUT2D eigenvalue weighted by Gasteiger charge is 2.15. The minimum atomic E-state index is -0.0114. The number of anilines is 1. The smallest absolute Gasteiger partial charge is 0.225 e. The zero-order valence-electron chi connectivity index (χ0n) is 16.0. The van der Waals surface area contributed by atoms with E-state index in [-0.39, 0.29) is 5.91 Å². The van der Waals surface area contributed by atoms with E-state index in [1.807, 2.05) is 32.0 Å². The van der Waals surface area contributed by atoms with Crippen LogP contribution < -0.4 is 5.32 Å². The molecule has 3 rings (SSSR count). The number of benzene rings is 1. The van der Waals surface area contributed by atoms with Gasteiger partial charge in [-0.1, -0.05) is 24.1 Å². The summed E-state index contributed by atoms with van der Waals surface area (Å²) in [5.74, 6) is 0.597. The Bertz CT molecular complexity index is 886. The zero-order valence-corrected chi connectivity index (χ0v) is 16.8. The minimum absolute atomic E-state index is 0.0114. The fraction of sp³-hybridized carbons (Fsp3) is 0.409. The molecule has 0 saturated carbocycles. The highest BCUT2D eigenvalue weighted by Crippen LogP contribution is 2.27. The monoisotopic (exact) mass is 379 g/mol. The highest BCUT2D eigenvalue weighted by molar-refractivity contribution is 7.99. The molecule has 1 aliphatic carbocycles. The van der Waals surface area contributed by atoms with Crippen LogP contribution in [0.25, 0.3) is 0 Å². The summed E-state index contributed by atoms with van der Waals surface area (Å²) in [5.41, 5.74) is 6.09. The Morgan fingerprint density at radius 2 is 2.04 bits per heavy atom. The van der Waals surface area contributed by atoms with Gasteiger partial charge in [0.2, 0.25) is 5.91 Å². The number of nitrogens with zero attached hydrogens (tertiary/aromatic N) is 2. The topological polar surface area (TPSA) is 65.8 Å². The molecule has 0 saturated heterocycles. The zero-order chi connectivity index (χ0) is 19.2. The molecular formula is C22H25N3OS. The van der Waals surface area contributed by atoms with Crippen LogP contribution in [0.5, 0.6) is 0 Å². The number of hydrogen-bond donors (Lipinski definition) is 1.